The van der Waals surface area contributed by atoms with Crippen LogP contribution in [0.2, 0.25) is 5.02 Å². The topological polar surface area (TPSA) is 99.2 Å². The third-order valence-corrected chi connectivity index (χ3v) is 14.9. The van der Waals surface area contributed by atoms with Crippen molar-refractivity contribution in [1.29, 1.82) is 0 Å². The molecule has 1 aromatic heterocycles. The van der Waals surface area contributed by atoms with Gasteiger partial charge in [-0.15, -0.1) is 0 Å². The smallest absolute Gasteiger partial charge is 0.262 e. The number of hydrogen-bond donors (Lipinski definition) is 1. The van der Waals surface area contributed by atoms with Crippen molar-refractivity contribution < 1.29 is 28.0 Å². The number of amides is 1. The van der Waals surface area contributed by atoms with Crippen LogP contribution in [0.3, 0.4) is 0 Å². The zero-order chi connectivity index (χ0) is 37.5. The molecule has 2 aromatic carbocycles. The predicted molar refractivity (Wildman–Crippen MR) is 211 cm³/mol. The average Bonchev–Trinajstić information content (AvgIpc) is 3.29. The Hall–Kier alpha value is -3.41. The molecule has 1 N–H and O–H groups in total. The molecule has 1 saturated carbocycles. The molecule has 0 saturated heterocycles. The summed E-state index contributed by atoms with van der Waals surface area (Å²) in [6.45, 7) is 5.88. The van der Waals surface area contributed by atoms with Gasteiger partial charge in [-0.1, -0.05) is 36.7 Å². The van der Waals surface area contributed by atoms with Crippen LogP contribution in [0.25, 0.3) is 0 Å². The van der Waals surface area contributed by atoms with Crippen LogP contribution in [-0.2, 0) is 41.4 Å². The lowest BCUT2D eigenvalue weighted by Gasteiger charge is -2.50. The summed E-state index contributed by atoms with van der Waals surface area (Å²) in [6, 6.07) is 13.9. The summed E-state index contributed by atoms with van der Waals surface area (Å²) in [5.74, 6) is 4.68. The number of nitrogens with zero attached hydrogens (tertiary/aromatic N) is 2. The molecule has 3 heterocycles. The molecule has 2 aliphatic carbocycles. The third kappa shape index (κ3) is 7.02. The molecule has 7 atom stereocenters. The molecule has 4 aliphatic rings. The molecule has 7 rings (SSSR count). The highest BCUT2D eigenvalue weighted by Crippen LogP contribution is 2.52. The maximum atomic E-state index is 14.1. The van der Waals surface area contributed by atoms with Crippen molar-refractivity contribution in [3.8, 4) is 5.75 Å². The van der Waals surface area contributed by atoms with E-state index in [-0.39, 0.29) is 23.2 Å². The van der Waals surface area contributed by atoms with Gasteiger partial charge in [-0.3, -0.25) is 14.5 Å². The standard InChI is InChI=1S/C42H52ClN3O6S/c1-27-9-7-18-42(51-5,33-19-32(22-44-23-33)40(49-3)50-4)36-14-11-31(36)24-46-25-41(17-8-10-29-20-34(43)13-15-35(29)41)26-52-38-16-12-30(21-37(38)46)39(47)45-53(6,48)28(27)2/h7,12-13,15-16,18-23,27-28,31,36,40H,6,8-11,14,17,24-26H2,1-5H3,(H,45,47,48)/b18-7+/t27-,28+,31-,36+,41-,42-,53?/m0/s1. The van der Waals surface area contributed by atoms with Crippen LogP contribution in [0.5, 0.6) is 5.75 Å². The van der Waals surface area contributed by atoms with Crippen molar-refractivity contribution in [3.63, 3.8) is 0 Å². The lowest BCUT2D eigenvalue weighted by atomic mass is 9.62. The number of aromatic nitrogens is 1. The van der Waals surface area contributed by atoms with E-state index < -0.39 is 32.8 Å². The fourth-order valence-corrected chi connectivity index (χ4v) is 10.8. The van der Waals surface area contributed by atoms with E-state index in [2.05, 4.69) is 50.8 Å². The molecule has 2 aliphatic heterocycles. The second kappa shape index (κ2) is 15.0. The lowest BCUT2D eigenvalue weighted by molar-refractivity contribution is -0.107. The zero-order valence-electron chi connectivity index (χ0n) is 31.4. The van der Waals surface area contributed by atoms with Gasteiger partial charge in [0.15, 0.2) is 6.29 Å². The number of nitrogens with one attached hydrogen (secondary N) is 1. The summed E-state index contributed by atoms with van der Waals surface area (Å²) < 4.78 is 41.5. The van der Waals surface area contributed by atoms with Gasteiger partial charge >= 0.3 is 0 Å². The Kier molecular flexibility index (Phi) is 10.7. The van der Waals surface area contributed by atoms with Crippen molar-refractivity contribution in [2.24, 2.45) is 17.8 Å². The summed E-state index contributed by atoms with van der Waals surface area (Å²) in [5, 5.41) is 0.346. The highest BCUT2D eigenvalue weighted by atomic mass is 35.5. The van der Waals surface area contributed by atoms with E-state index in [1.807, 2.05) is 38.2 Å². The highest BCUT2D eigenvalue weighted by molar-refractivity contribution is 7.99. The van der Waals surface area contributed by atoms with Gasteiger partial charge in [0.2, 0.25) is 0 Å². The van der Waals surface area contributed by atoms with E-state index in [1.54, 1.807) is 33.6 Å². The van der Waals surface area contributed by atoms with Crippen molar-refractivity contribution in [3.05, 3.63) is 99.9 Å². The second-order valence-electron chi connectivity index (χ2n) is 15.5. The number of hydrogen-bond acceptors (Lipinski definition) is 8. The molecule has 1 spiro atoms. The molecule has 284 valence electrons. The molecule has 53 heavy (non-hydrogen) atoms. The van der Waals surface area contributed by atoms with Gasteiger partial charge in [-0.25, -0.2) is 4.21 Å². The number of benzene rings is 2. The number of pyridine rings is 1. The second-order valence-corrected chi connectivity index (χ2v) is 18.4. The Morgan fingerprint density at radius 3 is 2.64 bits per heavy atom. The van der Waals surface area contributed by atoms with E-state index in [1.165, 1.54) is 11.1 Å². The predicted octanol–water partition coefficient (Wildman–Crippen LogP) is 7.41. The first kappa shape index (κ1) is 37.9. The van der Waals surface area contributed by atoms with E-state index in [0.717, 1.165) is 66.2 Å². The number of rotatable bonds is 5. The molecule has 3 aromatic rings. The van der Waals surface area contributed by atoms with Gasteiger partial charge in [0.25, 0.3) is 5.91 Å². The number of carbonyl (C=O) groups excluding carboxylic acids is 1. The first-order valence-electron chi connectivity index (χ1n) is 18.7. The molecule has 9 nitrogen and oxygen atoms in total. The number of halogens is 1. The lowest BCUT2D eigenvalue weighted by Crippen LogP contribution is -2.52. The summed E-state index contributed by atoms with van der Waals surface area (Å²) in [5.41, 5.74) is 4.47. The summed E-state index contributed by atoms with van der Waals surface area (Å²) in [4.78, 5) is 20.9. The molecule has 1 unspecified atom stereocenters. The fraction of sp³-hybridized carbons (Fsp3) is 0.500. The summed E-state index contributed by atoms with van der Waals surface area (Å²) in [7, 11) is 2.00. The first-order chi connectivity index (χ1) is 25.4. The first-order valence-corrected chi connectivity index (χ1v) is 20.8. The van der Waals surface area contributed by atoms with Gasteiger partial charge in [-0.2, -0.15) is 0 Å². The molecule has 11 heteroatoms. The number of methoxy groups -OCH3 is 3. The maximum Gasteiger partial charge on any atom is 0.262 e. The quantitative estimate of drug-likeness (QED) is 0.163. The van der Waals surface area contributed by atoms with Crippen LogP contribution in [0.1, 0.15) is 84.9 Å². The van der Waals surface area contributed by atoms with Crippen LogP contribution < -0.4 is 14.4 Å². The van der Waals surface area contributed by atoms with Gasteiger partial charge in [-0.05, 0) is 111 Å². The van der Waals surface area contributed by atoms with Crippen molar-refractivity contribution >= 4 is 38.8 Å². The summed E-state index contributed by atoms with van der Waals surface area (Å²) in [6.07, 6.45) is 13.0. The Bertz CT molecular complexity index is 1980. The Labute approximate surface area is 319 Å². The molecule has 1 amide bonds. The Morgan fingerprint density at radius 1 is 1.09 bits per heavy atom. The largest absolute Gasteiger partial charge is 0.490 e. The minimum absolute atomic E-state index is 0.0487. The van der Waals surface area contributed by atoms with Crippen LogP contribution >= 0.6 is 11.6 Å². The number of carbonyl (C=O) groups is 1. The van der Waals surface area contributed by atoms with Gasteiger partial charge < -0.3 is 23.8 Å². The van der Waals surface area contributed by atoms with Gasteiger partial charge in [0.1, 0.15) is 11.4 Å². The normalized spacial score (nSPS) is 32.1. The molecule has 1 fully saturated rings. The molecular formula is C42H52ClN3O6S. The zero-order valence-corrected chi connectivity index (χ0v) is 33.0. The van der Waals surface area contributed by atoms with Crippen LogP contribution in [0.15, 0.2) is 67.0 Å². The third-order valence-electron chi connectivity index (χ3n) is 12.5. The van der Waals surface area contributed by atoms with Crippen molar-refractivity contribution in [2.45, 2.75) is 74.9 Å². The number of aryl methyl sites for hydroxylation is 1. The minimum Gasteiger partial charge on any atom is -0.490 e. The van der Waals surface area contributed by atoms with Crippen molar-refractivity contribution in [2.75, 3.05) is 45.9 Å². The Morgan fingerprint density at radius 2 is 1.91 bits per heavy atom. The van der Waals surface area contributed by atoms with E-state index in [0.29, 0.717) is 25.1 Å². The highest BCUT2D eigenvalue weighted by Gasteiger charge is 2.50. The van der Waals surface area contributed by atoms with E-state index >= 15 is 0 Å². The Balaban J connectivity index is 1.37. The number of fused-ring (bicyclic) bond motifs is 4. The molecule has 2 bridgehead atoms. The number of anilines is 1. The number of allylic oxidation sites excluding steroid dienone is 1. The van der Waals surface area contributed by atoms with E-state index in [4.69, 9.17) is 30.5 Å². The minimum atomic E-state index is -3.01. The fourth-order valence-electron chi connectivity index (χ4n) is 9.16. The van der Waals surface area contributed by atoms with Gasteiger partial charge in [0, 0.05) is 85.1 Å². The molecule has 0 radical (unpaired) electrons. The van der Waals surface area contributed by atoms with Crippen LogP contribution in [0, 0.1) is 17.8 Å². The van der Waals surface area contributed by atoms with Crippen LogP contribution in [0.4, 0.5) is 5.69 Å². The maximum absolute atomic E-state index is 14.1. The van der Waals surface area contributed by atoms with Gasteiger partial charge in [0.05, 0.1) is 22.0 Å². The van der Waals surface area contributed by atoms with Crippen molar-refractivity contribution in [1.82, 2.24) is 9.71 Å². The average molecular weight is 762 g/mol. The number of ether oxygens (including phenoxy) is 4. The monoisotopic (exact) mass is 761 g/mol. The van der Waals surface area contributed by atoms with E-state index in [9.17, 15) is 9.00 Å². The summed E-state index contributed by atoms with van der Waals surface area (Å²) >= 11 is 6.51. The SMILES string of the molecule is C=S1(=O)NC(=O)c2ccc3c(c2)N(C[C@@H]2CC[C@H]2[C@@](OC)(c2cncc(C(OC)OC)c2)/C=C/C[C@H](C)[C@H]1C)C[C@@]1(CCCc2cc(Cl)ccc21)CO3. The molecular weight excluding hydrogens is 710 g/mol. The van der Waals surface area contributed by atoms with Crippen LogP contribution in [-0.4, -0.2) is 67.2 Å².